The molecule has 1 aliphatic rings. The molecular weight excluding hydrogens is 393 g/mol. The largest absolute Gasteiger partial charge is 0.462 e. The van der Waals surface area contributed by atoms with Gasteiger partial charge in [0.1, 0.15) is 7.11 Å². The van der Waals surface area contributed by atoms with Crippen molar-refractivity contribution >= 4 is 37.1 Å². The second-order valence-corrected chi connectivity index (χ2v) is 39.8. The van der Waals surface area contributed by atoms with Gasteiger partial charge in [0.15, 0.2) is 8.32 Å². The fourth-order valence-corrected chi connectivity index (χ4v) is 40.5. The fourth-order valence-electron chi connectivity index (χ4n) is 3.83. The van der Waals surface area contributed by atoms with Gasteiger partial charge in [0, 0.05) is 13.2 Å². The zero-order chi connectivity index (χ0) is 20.6. The Bertz CT molecular complexity index is 560. The molecule has 0 bridgehead atoms. The van der Waals surface area contributed by atoms with Gasteiger partial charge in [0.25, 0.3) is 0 Å². The monoisotopic (exact) mass is 432 g/mol. The summed E-state index contributed by atoms with van der Waals surface area (Å²) in [7, 11) is -7.93. The minimum Gasteiger partial charge on any atom is -0.462 e. The highest BCUT2D eigenvalue weighted by Crippen LogP contribution is 2.46. The first-order valence-corrected chi connectivity index (χ1v) is 23.3. The van der Waals surface area contributed by atoms with Gasteiger partial charge in [0.2, 0.25) is 0 Å². The molecule has 26 heavy (non-hydrogen) atoms. The molecule has 1 rings (SSSR count). The highest BCUT2D eigenvalue weighted by molar-refractivity contribution is 7.68. The van der Waals surface area contributed by atoms with Crippen molar-refractivity contribution in [3.05, 3.63) is 11.3 Å². The third-order valence-corrected chi connectivity index (χ3v) is 44.5. The first-order chi connectivity index (χ1) is 11.5. The predicted octanol–water partition coefficient (Wildman–Crippen LogP) is 5.10. The third-order valence-electron chi connectivity index (χ3n) is 5.48. The Kier molecular flexibility index (Phi) is 7.20. The molecule has 0 aromatic heterocycles. The summed E-state index contributed by atoms with van der Waals surface area (Å²) >= 11 is 0. The topological polar surface area (TPSA) is 44.8 Å². The summed E-state index contributed by atoms with van der Waals surface area (Å²) in [6, 6.07) is 1.15. The molecule has 0 spiro atoms. The summed E-state index contributed by atoms with van der Waals surface area (Å²) in [5.74, 6) is -0.228. The number of hydrogen-bond acceptors (Lipinski definition) is 4. The van der Waals surface area contributed by atoms with Crippen molar-refractivity contribution in [2.45, 2.75) is 91.6 Å². The van der Waals surface area contributed by atoms with E-state index in [-0.39, 0.29) is 11.6 Å². The predicted molar refractivity (Wildman–Crippen MR) is 120 cm³/mol. The lowest BCUT2D eigenvalue weighted by atomic mass is 10.2. The maximum absolute atomic E-state index is 12.5. The van der Waals surface area contributed by atoms with Gasteiger partial charge in [-0.1, -0.05) is 33.1 Å². The van der Waals surface area contributed by atoms with Crippen molar-refractivity contribution < 1.29 is 18.1 Å². The maximum Gasteiger partial charge on any atom is 0.333 e. The van der Waals surface area contributed by atoms with Crippen molar-refractivity contribution in [3.8, 4) is 0 Å². The van der Waals surface area contributed by atoms with Crippen molar-refractivity contribution in [2.75, 3.05) is 6.61 Å². The molecule has 1 saturated heterocycles. The van der Waals surface area contributed by atoms with Crippen LogP contribution in [-0.2, 0) is 18.1 Å². The molecule has 4 nitrogen and oxygen atoms in total. The van der Waals surface area contributed by atoms with Crippen molar-refractivity contribution in [2.24, 2.45) is 0 Å². The molecule has 1 unspecified atom stereocenters. The Balaban J connectivity index is 3.52. The van der Waals surface area contributed by atoms with Crippen LogP contribution in [-0.4, -0.2) is 49.3 Å². The van der Waals surface area contributed by atoms with Gasteiger partial charge in [0.05, 0.1) is 12.2 Å². The van der Waals surface area contributed by atoms with Gasteiger partial charge in [-0.15, -0.1) is 0 Å². The summed E-state index contributed by atoms with van der Waals surface area (Å²) in [6.07, 6.45) is 0.830. The molecule has 0 N–H and O–H groups in total. The van der Waals surface area contributed by atoms with Crippen LogP contribution in [0.3, 0.4) is 0 Å². The van der Waals surface area contributed by atoms with Crippen LogP contribution in [0.25, 0.3) is 0 Å². The van der Waals surface area contributed by atoms with Gasteiger partial charge in [-0.05, 0) is 58.6 Å². The van der Waals surface area contributed by atoms with Gasteiger partial charge in [-0.2, -0.15) is 0 Å². The molecule has 0 radical (unpaired) electrons. The fraction of sp³-hybridized carbons (Fsp3) is 0.833. The molecule has 152 valence electrons. The smallest absolute Gasteiger partial charge is 0.333 e. The zero-order valence-electron chi connectivity index (χ0n) is 18.8. The Morgan fingerprint density at radius 1 is 1.19 bits per heavy atom. The van der Waals surface area contributed by atoms with Crippen molar-refractivity contribution in [3.63, 3.8) is 0 Å². The molecule has 0 saturated carbocycles. The zero-order valence-corrected chi connectivity index (χ0v) is 22.8. The van der Waals surface area contributed by atoms with E-state index in [1.54, 1.807) is 0 Å². The van der Waals surface area contributed by atoms with Gasteiger partial charge in [-0.25, -0.2) is 4.79 Å². The molecule has 1 heterocycles. The summed E-state index contributed by atoms with van der Waals surface area (Å²) in [4.78, 5) is 12.5. The molecule has 1 fully saturated rings. The lowest BCUT2D eigenvalue weighted by Crippen LogP contribution is -2.81. The number of carbonyl (C=O) groups is 1. The van der Waals surface area contributed by atoms with Gasteiger partial charge < -0.3 is 13.3 Å². The van der Waals surface area contributed by atoms with E-state index in [2.05, 4.69) is 65.4 Å². The van der Waals surface area contributed by atoms with E-state index in [1.807, 2.05) is 13.8 Å². The summed E-state index contributed by atoms with van der Waals surface area (Å²) in [6.45, 7) is 25.3. The van der Waals surface area contributed by atoms with Crippen LogP contribution in [0.4, 0.5) is 0 Å². The minimum atomic E-state index is -2.68. The number of rotatable bonds is 6. The third kappa shape index (κ3) is 5.29. The van der Waals surface area contributed by atoms with Crippen LogP contribution in [0, 0.1) is 0 Å². The van der Waals surface area contributed by atoms with Gasteiger partial charge >= 0.3 is 14.0 Å². The van der Waals surface area contributed by atoms with Crippen molar-refractivity contribution in [1.82, 2.24) is 0 Å². The van der Waals surface area contributed by atoms with Crippen LogP contribution in [0.15, 0.2) is 11.3 Å². The van der Waals surface area contributed by atoms with E-state index < -0.39 is 31.1 Å². The van der Waals surface area contributed by atoms with Gasteiger partial charge in [-0.3, -0.25) is 0 Å². The molecule has 1 atom stereocenters. The number of carbonyl (C=O) groups excluding carboxylic acids is 1. The van der Waals surface area contributed by atoms with E-state index in [0.29, 0.717) is 12.2 Å². The van der Waals surface area contributed by atoms with Crippen LogP contribution in [0.1, 0.15) is 34.1 Å². The molecule has 0 aromatic carbocycles. The molecule has 1 aliphatic heterocycles. The lowest BCUT2D eigenvalue weighted by molar-refractivity contribution is -0.139. The SMILES string of the molecule is CCCOC(=O)C(C)=C[Si]1(O[Si](C)(C)C)OC(C)(C)C[Si](C)(C)[Si]1(C)C. The number of hydrogen-bond donors (Lipinski definition) is 0. The minimum absolute atomic E-state index is 0.200. The quantitative estimate of drug-likeness (QED) is 0.333. The van der Waals surface area contributed by atoms with E-state index in [9.17, 15) is 4.79 Å². The average molecular weight is 433 g/mol. The van der Waals surface area contributed by atoms with E-state index in [0.717, 1.165) is 12.5 Å². The highest BCUT2D eigenvalue weighted by Gasteiger charge is 2.67. The van der Waals surface area contributed by atoms with E-state index >= 15 is 0 Å². The highest BCUT2D eigenvalue weighted by atomic mass is 29.7. The summed E-state index contributed by atoms with van der Waals surface area (Å²) in [5, 5.41) is 0. The van der Waals surface area contributed by atoms with Crippen LogP contribution in [0.2, 0.25) is 51.9 Å². The number of esters is 1. The molecular formula is C18H40O4Si4. The lowest BCUT2D eigenvalue weighted by Gasteiger charge is -2.59. The van der Waals surface area contributed by atoms with Crippen LogP contribution >= 0.6 is 0 Å². The molecule has 0 amide bonds. The van der Waals surface area contributed by atoms with E-state index in [4.69, 9.17) is 13.3 Å². The Hall–Kier alpha value is -0.00247. The van der Waals surface area contributed by atoms with Crippen LogP contribution < -0.4 is 0 Å². The first kappa shape index (κ1) is 24.0. The van der Waals surface area contributed by atoms with Crippen LogP contribution in [0.5, 0.6) is 0 Å². The Morgan fingerprint density at radius 2 is 1.73 bits per heavy atom. The standard InChI is InChI=1S/C18H40O4Si4/c1-12-13-20-17(19)16(2)14-26(22-23(5,6)7)21-18(3,4)15-24(8,9)25(26,10)11/h14H,12-13,15H2,1-11H3. The van der Waals surface area contributed by atoms with Crippen molar-refractivity contribution in [1.29, 1.82) is 0 Å². The molecule has 0 aliphatic carbocycles. The normalized spacial score (nSPS) is 27.9. The average Bonchev–Trinajstić information content (AvgIpc) is 2.39. The Labute approximate surface area is 164 Å². The molecule has 8 heteroatoms. The summed E-state index contributed by atoms with van der Waals surface area (Å²) in [5.41, 5.74) is 2.57. The Morgan fingerprint density at radius 3 is 2.19 bits per heavy atom. The maximum atomic E-state index is 12.5. The first-order valence-electron chi connectivity index (χ1n) is 9.75. The van der Waals surface area contributed by atoms with E-state index in [1.165, 1.54) is 0 Å². The second kappa shape index (κ2) is 7.79. The second-order valence-electron chi connectivity index (χ2n) is 10.4. The molecule has 0 aromatic rings. The number of ether oxygens (including phenoxy) is 1. The summed E-state index contributed by atoms with van der Waals surface area (Å²) < 4.78 is 19.2.